The second-order valence-electron chi connectivity index (χ2n) is 4.59. The highest BCUT2D eigenvalue weighted by atomic mass is 16.3. The van der Waals surface area contributed by atoms with Gasteiger partial charge in [0.15, 0.2) is 0 Å². The molecule has 0 aliphatic rings. The van der Waals surface area contributed by atoms with E-state index in [1.807, 2.05) is 14.1 Å². The smallest absolute Gasteiger partial charge is 0.120 e. The summed E-state index contributed by atoms with van der Waals surface area (Å²) >= 11 is 0. The molecule has 0 saturated carbocycles. The molecule has 1 aromatic rings. The van der Waals surface area contributed by atoms with Gasteiger partial charge in [0.1, 0.15) is 11.5 Å². The van der Waals surface area contributed by atoms with E-state index in [0.29, 0.717) is 6.04 Å². The van der Waals surface area contributed by atoms with Gasteiger partial charge in [0.25, 0.3) is 0 Å². The van der Waals surface area contributed by atoms with Crippen LogP contribution in [-0.2, 0) is 13.1 Å². The van der Waals surface area contributed by atoms with Gasteiger partial charge in [-0.2, -0.15) is 0 Å². The molecule has 86 valence electrons. The van der Waals surface area contributed by atoms with Crippen molar-refractivity contribution in [3.05, 3.63) is 23.2 Å². The van der Waals surface area contributed by atoms with Crippen LogP contribution in [0.4, 0.5) is 0 Å². The van der Waals surface area contributed by atoms with Crippen LogP contribution in [0.3, 0.4) is 0 Å². The normalized spacial score (nSPS) is 11.7. The SMILES string of the molecule is Cc1cc(CN(C)C)oc1CNC(C)C. The Kier molecular flexibility index (Phi) is 4.36. The molecule has 0 fully saturated rings. The van der Waals surface area contributed by atoms with Crippen molar-refractivity contribution in [2.75, 3.05) is 14.1 Å². The second-order valence-corrected chi connectivity index (χ2v) is 4.59. The quantitative estimate of drug-likeness (QED) is 0.807. The predicted octanol–water partition coefficient (Wildman–Crippen LogP) is 2.15. The minimum Gasteiger partial charge on any atom is -0.463 e. The van der Waals surface area contributed by atoms with Gasteiger partial charge in [-0.05, 0) is 32.6 Å². The summed E-state index contributed by atoms with van der Waals surface area (Å²) in [6.45, 7) is 8.05. The van der Waals surface area contributed by atoms with Crippen LogP contribution in [0.1, 0.15) is 30.9 Å². The number of nitrogens with zero attached hydrogens (tertiary/aromatic N) is 1. The molecular weight excluding hydrogens is 188 g/mol. The average Bonchev–Trinajstić information content (AvgIpc) is 2.41. The second kappa shape index (κ2) is 5.33. The molecule has 0 atom stereocenters. The van der Waals surface area contributed by atoms with E-state index in [2.05, 4.69) is 37.1 Å². The van der Waals surface area contributed by atoms with Crippen molar-refractivity contribution in [2.24, 2.45) is 0 Å². The zero-order valence-electron chi connectivity index (χ0n) is 10.4. The van der Waals surface area contributed by atoms with Crippen molar-refractivity contribution in [3.8, 4) is 0 Å². The molecule has 1 N–H and O–H groups in total. The Balaban J connectivity index is 2.60. The molecule has 0 aliphatic heterocycles. The Labute approximate surface area is 92.5 Å². The lowest BCUT2D eigenvalue weighted by Gasteiger charge is -2.07. The summed E-state index contributed by atoms with van der Waals surface area (Å²) in [4.78, 5) is 2.11. The minimum atomic E-state index is 0.492. The monoisotopic (exact) mass is 210 g/mol. The maximum absolute atomic E-state index is 5.77. The fourth-order valence-electron chi connectivity index (χ4n) is 1.45. The molecule has 1 rings (SSSR count). The molecule has 0 aliphatic carbocycles. The first-order chi connectivity index (χ1) is 6.99. The molecule has 0 unspecified atom stereocenters. The minimum absolute atomic E-state index is 0.492. The van der Waals surface area contributed by atoms with Crippen LogP contribution >= 0.6 is 0 Å². The van der Waals surface area contributed by atoms with Gasteiger partial charge in [-0.15, -0.1) is 0 Å². The third-order valence-corrected chi connectivity index (χ3v) is 2.21. The number of hydrogen-bond donors (Lipinski definition) is 1. The summed E-state index contributed by atoms with van der Waals surface area (Å²) in [5.74, 6) is 2.10. The number of aryl methyl sites for hydroxylation is 1. The molecule has 0 saturated heterocycles. The van der Waals surface area contributed by atoms with E-state index < -0.39 is 0 Å². The lowest BCUT2D eigenvalue weighted by molar-refractivity contribution is 0.337. The van der Waals surface area contributed by atoms with Crippen LogP contribution in [0, 0.1) is 6.92 Å². The Hall–Kier alpha value is -0.800. The highest BCUT2D eigenvalue weighted by Gasteiger charge is 2.08. The number of rotatable bonds is 5. The summed E-state index contributed by atoms with van der Waals surface area (Å²) in [5.41, 5.74) is 1.24. The first kappa shape index (κ1) is 12.3. The highest BCUT2D eigenvalue weighted by Crippen LogP contribution is 2.15. The fourth-order valence-corrected chi connectivity index (χ4v) is 1.45. The fraction of sp³-hybridized carbons (Fsp3) is 0.667. The lowest BCUT2D eigenvalue weighted by atomic mass is 10.2. The number of hydrogen-bond acceptors (Lipinski definition) is 3. The van der Waals surface area contributed by atoms with Crippen molar-refractivity contribution in [1.82, 2.24) is 10.2 Å². The third kappa shape index (κ3) is 4.06. The van der Waals surface area contributed by atoms with Gasteiger partial charge in [-0.25, -0.2) is 0 Å². The van der Waals surface area contributed by atoms with Gasteiger partial charge in [-0.3, -0.25) is 0 Å². The van der Waals surface area contributed by atoms with Gasteiger partial charge >= 0.3 is 0 Å². The van der Waals surface area contributed by atoms with Crippen LogP contribution in [-0.4, -0.2) is 25.0 Å². The van der Waals surface area contributed by atoms with Crippen molar-refractivity contribution in [1.29, 1.82) is 0 Å². The Morgan fingerprint density at radius 1 is 1.40 bits per heavy atom. The molecule has 0 radical (unpaired) electrons. The molecule has 3 nitrogen and oxygen atoms in total. The molecule has 0 aromatic carbocycles. The van der Waals surface area contributed by atoms with Crippen molar-refractivity contribution in [2.45, 2.75) is 39.9 Å². The molecule has 1 aromatic heterocycles. The van der Waals surface area contributed by atoms with Crippen LogP contribution in [0.5, 0.6) is 0 Å². The van der Waals surface area contributed by atoms with Gasteiger partial charge in [0.05, 0.1) is 13.1 Å². The van der Waals surface area contributed by atoms with E-state index in [1.165, 1.54) is 5.56 Å². The van der Waals surface area contributed by atoms with Crippen LogP contribution in [0.15, 0.2) is 10.5 Å². The zero-order valence-corrected chi connectivity index (χ0v) is 10.4. The van der Waals surface area contributed by atoms with Crippen molar-refractivity contribution in [3.63, 3.8) is 0 Å². The zero-order chi connectivity index (χ0) is 11.4. The summed E-state index contributed by atoms with van der Waals surface area (Å²) in [7, 11) is 4.09. The van der Waals surface area contributed by atoms with E-state index in [1.54, 1.807) is 0 Å². The largest absolute Gasteiger partial charge is 0.463 e. The van der Waals surface area contributed by atoms with E-state index in [4.69, 9.17) is 4.42 Å². The number of furan rings is 1. The maximum Gasteiger partial charge on any atom is 0.120 e. The van der Waals surface area contributed by atoms with E-state index in [0.717, 1.165) is 24.6 Å². The molecule has 15 heavy (non-hydrogen) atoms. The van der Waals surface area contributed by atoms with Crippen LogP contribution < -0.4 is 5.32 Å². The first-order valence-electron chi connectivity index (χ1n) is 5.45. The highest BCUT2D eigenvalue weighted by molar-refractivity contribution is 5.20. The Morgan fingerprint density at radius 3 is 2.60 bits per heavy atom. The van der Waals surface area contributed by atoms with Gasteiger partial charge in [0, 0.05) is 6.04 Å². The Bertz CT molecular complexity index is 303. The summed E-state index contributed by atoms with van der Waals surface area (Å²) in [6, 6.07) is 2.61. The molecule has 0 spiro atoms. The van der Waals surface area contributed by atoms with E-state index in [-0.39, 0.29) is 0 Å². The predicted molar refractivity (Wildman–Crippen MR) is 62.8 cm³/mol. The Morgan fingerprint density at radius 2 is 2.07 bits per heavy atom. The van der Waals surface area contributed by atoms with Crippen LogP contribution in [0.25, 0.3) is 0 Å². The van der Waals surface area contributed by atoms with Gasteiger partial charge in [0.2, 0.25) is 0 Å². The molecule has 0 bridgehead atoms. The van der Waals surface area contributed by atoms with E-state index in [9.17, 15) is 0 Å². The van der Waals surface area contributed by atoms with E-state index >= 15 is 0 Å². The molecule has 0 amide bonds. The van der Waals surface area contributed by atoms with Crippen molar-refractivity contribution >= 4 is 0 Å². The standard InChI is InChI=1S/C12H22N2O/c1-9(2)13-7-12-10(3)6-11(15-12)8-14(4)5/h6,9,13H,7-8H2,1-5H3. The van der Waals surface area contributed by atoms with Gasteiger partial charge in [-0.1, -0.05) is 13.8 Å². The lowest BCUT2D eigenvalue weighted by Crippen LogP contribution is -2.21. The van der Waals surface area contributed by atoms with Gasteiger partial charge < -0.3 is 14.6 Å². The molecule has 3 heteroatoms. The molecule has 1 heterocycles. The van der Waals surface area contributed by atoms with Crippen molar-refractivity contribution < 1.29 is 4.42 Å². The molecular formula is C12H22N2O. The summed E-state index contributed by atoms with van der Waals surface area (Å²) in [5, 5.41) is 3.36. The topological polar surface area (TPSA) is 28.4 Å². The summed E-state index contributed by atoms with van der Waals surface area (Å²) < 4.78 is 5.77. The first-order valence-corrected chi connectivity index (χ1v) is 5.45. The maximum atomic E-state index is 5.77. The van der Waals surface area contributed by atoms with Crippen LogP contribution in [0.2, 0.25) is 0 Å². The number of nitrogens with one attached hydrogen (secondary N) is 1. The average molecular weight is 210 g/mol. The summed E-state index contributed by atoms with van der Waals surface area (Å²) in [6.07, 6.45) is 0. The third-order valence-electron chi connectivity index (χ3n) is 2.21.